The summed E-state index contributed by atoms with van der Waals surface area (Å²) in [6.45, 7) is 0. The van der Waals surface area contributed by atoms with Crippen LogP contribution in [0.1, 0.15) is 0 Å². The van der Waals surface area contributed by atoms with E-state index in [2.05, 4.69) is 69.1 Å². The summed E-state index contributed by atoms with van der Waals surface area (Å²) in [6, 6.07) is 27.0. The molecule has 0 saturated carbocycles. The second-order valence-corrected chi connectivity index (χ2v) is 5.99. The second-order valence-electron chi connectivity index (χ2n) is 5.99. The van der Waals surface area contributed by atoms with Crippen molar-refractivity contribution in [2.24, 2.45) is 0 Å². The maximum Gasteiger partial charge on any atom is 0.145 e. The third kappa shape index (κ3) is 2.21. The van der Waals surface area contributed by atoms with Crippen LogP contribution < -0.4 is 0 Å². The van der Waals surface area contributed by atoms with E-state index in [1.807, 2.05) is 36.7 Å². The van der Waals surface area contributed by atoms with Gasteiger partial charge in [-0.15, -0.1) is 0 Å². The Labute approximate surface area is 145 Å². The molecule has 0 aliphatic heterocycles. The zero-order valence-electron chi connectivity index (χ0n) is 13.5. The summed E-state index contributed by atoms with van der Waals surface area (Å²) in [4.78, 5) is 9.12. The fourth-order valence-electron chi connectivity index (χ4n) is 3.40. The Bertz CT molecular complexity index is 1140. The van der Waals surface area contributed by atoms with Gasteiger partial charge in [0.05, 0.1) is 11.2 Å². The van der Waals surface area contributed by atoms with Crippen LogP contribution in [0, 0.1) is 0 Å². The van der Waals surface area contributed by atoms with E-state index in [1.165, 1.54) is 10.8 Å². The van der Waals surface area contributed by atoms with Crippen molar-refractivity contribution in [1.82, 2.24) is 14.5 Å². The van der Waals surface area contributed by atoms with E-state index >= 15 is 0 Å². The van der Waals surface area contributed by atoms with Crippen molar-refractivity contribution in [2.75, 3.05) is 0 Å². The first-order valence-electron chi connectivity index (χ1n) is 8.28. The highest BCUT2D eigenvalue weighted by atomic mass is 15.0. The molecule has 25 heavy (non-hydrogen) atoms. The molecule has 118 valence electrons. The van der Waals surface area contributed by atoms with E-state index in [-0.39, 0.29) is 0 Å². The van der Waals surface area contributed by atoms with E-state index in [0.717, 1.165) is 28.1 Å². The number of fused-ring (bicyclic) bond motifs is 3. The molecule has 5 rings (SSSR count). The first-order valence-corrected chi connectivity index (χ1v) is 8.28. The Balaban J connectivity index is 1.81. The highest BCUT2D eigenvalue weighted by molar-refractivity contribution is 6.07. The number of pyridine rings is 2. The SMILES string of the molecule is c1ccc(-c2cccc(-n3c4ccccc4c4cccnc43)c2)nc1. The fraction of sp³-hybridized carbons (Fsp3) is 0. The molecule has 3 nitrogen and oxygen atoms in total. The molecule has 0 radical (unpaired) electrons. The van der Waals surface area contributed by atoms with Gasteiger partial charge in [0.2, 0.25) is 0 Å². The first kappa shape index (κ1) is 13.9. The van der Waals surface area contributed by atoms with E-state index in [4.69, 9.17) is 0 Å². The van der Waals surface area contributed by atoms with Crippen LogP contribution in [0.25, 0.3) is 38.9 Å². The quantitative estimate of drug-likeness (QED) is 0.445. The minimum atomic E-state index is 0.970. The van der Waals surface area contributed by atoms with E-state index in [0.29, 0.717) is 0 Å². The average molecular weight is 321 g/mol. The van der Waals surface area contributed by atoms with E-state index in [1.54, 1.807) is 0 Å². The fourth-order valence-corrected chi connectivity index (χ4v) is 3.40. The topological polar surface area (TPSA) is 30.7 Å². The van der Waals surface area contributed by atoms with E-state index < -0.39 is 0 Å². The van der Waals surface area contributed by atoms with Crippen LogP contribution in [0.2, 0.25) is 0 Å². The number of para-hydroxylation sites is 1. The van der Waals surface area contributed by atoms with Crippen molar-refractivity contribution in [2.45, 2.75) is 0 Å². The zero-order chi connectivity index (χ0) is 16.6. The number of aromatic nitrogens is 3. The van der Waals surface area contributed by atoms with Gasteiger partial charge in [-0.1, -0.05) is 36.4 Å². The van der Waals surface area contributed by atoms with Crippen LogP contribution in [0.3, 0.4) is 0 Å². The molecule has 0 amide bonds. The number of nitrogens with zero attached hydrogens (tertiary/aromatic N) is 3. The lowest BCUT2D eigenvalue weighted by Gasteiger charge is -2.09. The Morgan fingerprint density at radius 1 is 0.640 bits per heavy atom. The third-order valence-electron chi connectivity index (χ3n) is 4.50. The molecule has 2 aromatic carbocycles. The summed E-state index contributed by atoms with van der Waals surface area (Å²) < 4.78 is 2.22. The summed E-state index contributed by atoms with van der Waals surface area (Å²) >= 11 is 0. The maximum absolute atomic E-state index is 4.64. The summed E-state index contributed by atoms with van der Waals surface area (Å²) in [5.74, 6) is 0. The van der Waals surface area contributed by atoms with Crippen LogP contribution >= 0.6 is 0 Å². The Morgan fingerprint density at radius 2 is 1.48 bits per heavy atom. The van der Waals surface area contributed by atoms with Gasteiger partial charge in [-0.3, -0.25) is 9.55 Å². The Kier molecular flexibility index (Phi) is 3.10. The van der Waals surface area contributed by atoms with Crippen molar-refractivity contribution in [1.29, 1.82) is 0 Å². The predicted octanol–water partition coefficient (Wildman–Crippen LogP) is 5.24. The lowest BCUT2D eigenvalue weighted by atomic mass is 10.1. The molecule has 0 fully saturated rings. The van der Waals surface area contributed by atoms with Gasteiger partial charge in [0.1, 0.15) is 5.65 Å². The van der Waals surface area contributed by atoms with Gasteiger partial charge in [-0.25, -0.2) is 4.98 Å². The highest BCUT2D eigenvalue weighted by Gasteiger charge is 2.12. The van der Waals surface area contributed by atoms with Gasteiger partial charge in [0.15, 0.2) is 0 Å². The van der Waals surface area contributed by atoms with E-state index in [9.17, 15) is 0 Å². The van der Waals surface area contributed by atoms with Crippen molar-refractivity contribution in [3.05, 3.63) is 91.3 Å². The molecule has 0 atom stereocenters. The summed E-state index contributed by atoms with van der Waals surface area (Å²) in [6.07, 6.45) is 3.67. The molecule has 0 saturated heterocycles. The number of hydrogen-bond acceptors (Lipinski definition) is 2. The molecule has 0 unspecified atom stereocenters. The highest BCUT2D eigenvalue weighted by Crippen LogP contribution is 2.31. The van der Waals surface area contributed by atoms with Crippen molar-refractivity contribution in [3.8, 4) is 16.9 Å². The smallest absolute Gasteiger partial charge is 0.145 e. The summed E-state index contributed by atoms with van der Waals surface area (Å²) in [7, 11) is 0. The van der Waals surface area contributed by atoms with Crippen LogP contribution in [0.4, 0.5) is 0 Å². The zero-order valence-corrected chi connectivity index (χ0v) is 13.5. The van der Waals surface area contributed by atoms with Crippen LogP contribution in [0.15, 0.2) is 91.3 Å². The second kappa shape index (κ2) is 5.56. The van der Waals surface area contributed by atoms with Crippen molar-refractivity contribution >= 4 is 21.9 Å². The number of hydrogen-bond donors (Lipinski definition) is 0. The molecule has 0 aliphatic carbocycles. The lowest BCUT2D eigenvalue weighted by Crippen LogP contribution is -1.95. The molecule has 0 bridgehead atoms. The van der Waals surface area contributed by atoms with Gasteiger partial charge >= 0.3 is 0 Å². The molecule has 0 N–H and O–H groups in total. The first-order chi connectivity index (χ1) is 12.4. The predicted molar refractivity (Wildman–Crippen MR) is 102 cm³/mol. The van der Waals surface area contributed by atoms with Crippen LogP contribution in [0.5, 0.6) is 0 Å². The number of rotatable bonds is 2. The van der Waals surface area contributed by atoms with Gasteiger partial charge < -0.3 is 0 Å². The molecular weight excluding hydrogens is 306 g/mol. The van der Waals surface area contributed by atoms with Gasteiger partial charge in [-0.2, -0.15) is 0 Å². The summed E-state index contributed by atoms with van der Waals surface area (Å²) in [5, 5.41) is 2.38. The third-order valence-corrected chi connectivity index (χ3v) is 4.50. The molecule has 3 aromatic heterocycles. The van der Waals surface area contributed by atoms with Crippen LogP contribution in [-0.4, -0.2) is 14.5 Å². The van der Waals surface area contributed by atoms with Gasteiger partial charge in [-0.05, 0) is 42.5 Å². The Morgan fingerprint density at radius 3 is 2.40 bits per heavy atom. The molecule has 0 aliphatic rings. The standard InChI is InChI=1S/C22H15N3/c1-2-12-21-18(9-1)19-10-6-14-24-22(19)25(21)17-8-5-7-16(15-17)20-11-3-4-13-23-20/h1-15H. The molecule has 3 heteroatoms. The number of benzene rings is 2. The van der Waals surface area contributed by atoms with Crippen LogP contribution in [-0.2, 0) is 0 Å². The maximum atomic E-state index is 4.64. The largest absolute Gasteiger partial charge is 0.294 e. The van der Waals surface area contributed by atoms with Crippen molar-refractivity contribution < 1.29 is 0 Å². The molecule has 5 aromatic rings. The summed E-state index contributed by atoms with van der Waals surface area (Å²) in [5.41, 5.74) is 5.29. The van der Waals surface area contributed by atoms with Crippen molar-refractivity contribution in [3.63, 3.8) is 0 Å². The Hall–Kier alpha value is -3.46. The minimum Gasteiger partial charge on any atom is -0.294 e. The normalized spacial score (nSPS) is 11.2. The minimum absolute atomic E-state index is 0.970. The molecule has 0 spiro atoms. The van der Waals surface area contributed by atoms with Gasteiger partial charge in [0, 0.05) is 34.4 Å². The monoisotopic (exact) mass is 321 g/mol. The lowest BCUT2D eigenvalue weighted by molar-refractivity contribution is 1.13. The molecular formula is C22H15N3. The molecule has 3 heterocycles. The van der Waals surface area contributed by atoms with Gasteiger partial charge in [0.25, 0.3) is 0 Å². The average Bonchev–Trinajstić information content (AvgIpc) is 3.03.